The molecule has 0 saturated heterocycles. The summed E-state index contributed by atoms with van der Waals surface area (Å²) in [6.45, 7) is 2.21. The highest BCUT2D eigenvalue weighted by molar-refractivity contribution is 8.10. The summed E-state index contributed by atoms with van der Waals surface area (Å²) < 4.78 is 9.60. The van der Waals surface area contributed by atoms with Gasteiger partial charge in [0.05, 0.1) is 0 Å². The van der Waals surface area contributed by atoms with Crippen molar-refractivity contribution >= 4 is 32.9 Å². The molecule has 0 aliphatic heterocycles. The molecule has 0 aliphatic rings. The molecule has 2 N–H and O–H groups in total. The average Bonchev–Trinajstić information content (AvgIpc) is 2.25. The molecule has 6 heteroatoms. The Bertz CT molecular complexity index is 254. The summed E-state index contributed by atoms with van der Waals surface area (Å²) in [4.78, 5) is 18.1. The van der Waals surface area contributed by atoms with E-state index in [0.29, 0.717) is 6.42 Å². The fraction of sp³-hybridized carbons (Fsp3) is 1.00. The van der Waals surface area contributed by atoms with Crippen molar-refractivity contribution in [2.75, 3.05) is 0 Å². The lowest BCUT2D eigenvalue weighted by atomic mass is 10.1. The van der Waals surface area contributed by atoms with Crippen LogP contribution in [0.1, 0.15) is 71.1 Å². The molecule has 110 valence electrons. The molecule has 0 unspecified atom stereocenters. The maximum absolute atomic E-state index is 11.1. The lowest BCUT2D eigenvalue weighted by Gasteiger charge is -2.23. The van der Waals surface area contributed by atoms with Crippen LogP contribution in [0.5, 0.6) is 0 Å². The summed E-state index contributed by atoms with van der Waals surface area (Å²) in [5, 5.41) is 0. The van der Waals surface area contributed by atoms with E-state index in [-0.39, 0.29) is 0 Å². The minimum absolute atomic E-state index is 0.347. The molecule has 0 radical (unpaired) electrons. The Hall–Kier alpha value is 0.850. The number of thiol groups is 2. The Kier molecular flexibility index (Phi) is 10.2. The van der Waals surface area contributed by atoms with Gasteiger partial charge in [-0.3, -0.25) is 4.57 Å². The predicted octanol–water partition coefficient (Wildman–Crippen LogP) is 4.60. The van der Waals surface area contributed by atoms with Crippen molar-refractivity contribution in [3.8, 4) is 0 Å². The SMILES string of the molecule is CCCCCCCCCCCC(S)(S)P(=O)(O)O. The molecule has 0 rings (SSSR count). The van der Waals surface area contributed by atoms with E-state index >= 15 is 0 Å². The molecule has 0 fully saturated rings. The van der Waals surface area contributed by atoms with Gasteiger partial charge in [0.25, 0.3) is 0 Å². The number of unbranched alkanes of at least 4 members (excludes halogenated alkanes) is 8. The van der Waals surface area contributed by atoms with Crippen LogP contribution >= 0.6 is 32.9 Å². The van der Waals surface area contributed by atoms with Crippen molar-refractivity contribution in [2.24, 2.45) is 0 Å². The zero-order valence-electron chi connectivity index (χ0n) is 11.2. The highest BCUT2D eigenvalue weighted by atomic mass is 32.2. The molecule has 0 amide bonds. The second-order valence-electron chi connectivity index (χ2n) is 4.90. The van der Waals surface area contributed by atoms with Crippen LogP contribution in [0.3, 0.4) is 0 Å². The van der Waals surface area contributed by atoms with Crippen LogP contribution < -0.4 is 0 Å². The van der Waals surface area contributed by atoms with Gasteiger partial charge in [-0.1, -0.05) is 64.7 Å². The molecule has 0 atom stereocenters. The van der Waals surface area contributed by atoms with Crippen LogP contribution in [0.4, 0.5) is 0 Å². The first-order valence-electron chi connectivity index (χ1n) is 6.81. The molecule has 0 aromatic rings. The van der Waals surface area contributed by atoms with E-state index in [9.17, 15) is 4.57 Å². The third-order valence-corrected chi connectivity index (χ3v) is 6.25. The highest BCUT2D eigenvalue weighted by Gasteiger charge is 2.39. The van der Waals surface area contributed by atoms with E-state index < -0.39 is 11.4 Å². The quantitative estimate of drug-likeness (QED) is 0.195. The Balaban J connectivity index is 3.44. The van der Waals surface area contributed by atoms with E-state index in [4.69, 9.17) is 9.79 Å². The molecule has 3 nitrogen and oxygen atoms in total. The molecular weight excluding hydrogens is 287 g/mol. The first kappa shape index (κ1) is 18.9. The third-order valence-electron chi connectivity index (χ3n) is 3.08. The van der Waals surface area contributed by atoms with Crippen LogP contribution in [0.15, 0.2) is 0 Å². The summed E-state index contributed by atoms with van der Waals surface area (Å²) in [6, 6.07) is 0. The molecular formula is C12H27O3PS2. The minimum Gasteiger partial charge on any atom is -0.323 e. The van der Waals surface area contributed by atoms with E-state index in [0.717, 1.165) is 19.3 Å². The van der Waals surface area contributed by atoms with Gasteiger partial charge in [-0.15, -0.1) is 25.3 Å². The fourth-order valence-electron chi connectivity index (χ4n) is 1.82. The monoisotopic (exact) mass is 314 g/mol. The summed E-state index contributed by atoms with van der Waals surface area (Å²) in [6.07, 6.45) is 11.0. The number of hydrogen-bond donors (Lipinski definition) is 4. The van der Waals surface area contributed by atoms with Gasteiger partial charge in [0, 0.05) is 0 Å². The fourth-order valence-corrected chi connectivity index (χ4v) is 2.58. The normalized spacial score (nSPS) is 12.9. The topological polar surface area (TPSA) is 57.5 Å². The van der Waals surface area contributed by atoms with Gasteiger partial charge in [0.1, 0.15) is 0 Å². The molecule has 0 spiro atoms. The zero-order valence-corrected chi connectivity index (χ0v) is 13.9. The largest absolute Gasteiger partial charge is 0.350 e. The predicted molar refractivity (Wildman–Crippen MR) is 84.6 cm³/mol. The molecule has 0 bridgehead atoms. The van der Waals surface area contributed by atoms with Crippen LogP contribution in [0.2, 0.25) is 0 Å². The van der Waals surface area contributed by atoms with Gasteiger partial charge < -0.3 is 9.79 Å². The minimum atomic E-state index is -4.21. The molecule has 0 aromatic carbocycles. The molecule has 0 saturated carbocycles. The van der Waals surface area contributed by atoms with E-state index in [1.54, 1.807) is 0 Å². The lowest BCUT2D eigenvalue weighted by molar-refractivity contribution is 0.362. The van der Waals surface area contributed by atoms with Gasteiger partial charge in [0.2, 0.25) is 0 Å². The van der Waals surface area contributed by atoms with Gasteiger partial charge in [-0.2, -0.15) is 0 Å². The average molecular weight is 314 g/mol. The Morgan fingerprint density at radius 3 is 1.67 bits per heavy atom. The summed E-state index contributed by atoms with van der Waals surface area (Å²) >= 11 is 7.90. The van der Waals surface area contributed by atoms with Crippen molar-refractivity contribution < 1.29 is 14.4 Å². The lowest BCUT2D eigenvalue weighted by Crippen LogP contribution is -2.13. The van der Waals surface area contributed by atoms with Crippen molar-refractivity contribution in [1.82, 2.24) is 0 Å². The van der Waals surface area contributed by atoms with Crippen LogP contribution in [-0.4, -0.2) is 13.6 Å². The number of rotatable bonds is 11. The van der Waals surface area contributed by atoms with Crippen molar-refractivity contribution in [1.29, 1.82) is 0 Å². The highest BCUT2D eigenvalue weighted by Crippen LogP contribution is 2.58. The van der Waals surface area contributed by atoms with Crippen molar-refractivity contribution in [2.45, 2.75) is 75.0 Å². The summed E-state index contributed by atoms with van der Waals surface area (Å²) in [5.74, 6) is 0. The summed E-state index contributed by atoms with van der Waals surface area (Å²) in [5.41, 5.74) is 0. The van der Waals surface area contributed by atoms with E-state index in [1.165, 1.54) is 38.5 Å². The second kappa shape index (κ2) is 9.71. The van der Waals surface area contributed by atoms with Gasteiger partial charge in [0.15, 0.2) is 3.82 Å². The standard InChI is InChI=1S/C12H27O3PS2/c1-2-3-4-5-6-7-8-9-10-11-12(17,18)16(13,14)15/h17-18H,2-11H2,1H3,(H2,13,14,15). The smallest absolute Gasteiger partial charge is 0.323 e. The second-order valence-corrected chi connectivity index (χ2v) is 9.33. The van der Waals surface area contributed by atoms with Crippen LogP contribution in [0.25, 0.3) is 0 Å². The Morgan fingerprint density at radius 1 is 0.889 bits per heavy atom. The zero-order chi connectivity index (χ0) is 14.1. The Morgan fingerprint density at radius 2 is 1.28 bits per heavy atom. The third kappa shape index (κ3) is 8.87. The van der Waals surface area contributed by atoms with Crippen molar-refractivity contribution in [3.05, 3.63) is 0 Å². The van der Waals surface area contributed by atoms with Gasteiger partial charge >= 0.3 is 7.60 Å². The Labute approximate surface area is 122 Å². The molecule has 18 heavy (non-hydrogen) atoms. The van der Waals surface area contributed by atoms with E-state index in [2.05, 4.69) is 32.2 Å². The maximum Gasteiger partial charge on any atom is 0.350 e. The molecule has 0 aliphatic carbocycles. The summed E-state index contributed by atoms with van der Waals surface area (Å²) in [7, 11) is -4.21. The van der Waals surface area contributed by atoms with Gasteiger partial charge in [-0.05, 0) is 6.42 Å². The number of hydrogen-bond acceptors (Lipinski definition) is 3. The van der Waals surface area contributed by atoms with Crippen LogP contribution in [-0.2, 0) is 4.57 Å². The van der Waals surface area contributed by atoms with Gasteiger partial charge in [-0.25, -0.2) is 0 Å². The first-order valence-corrected chi connectivity index (χ1v) is 9.32. The first-order chi connectivity index (χ1) is 8.31. The molecule has 0 heterocycles. The van der Waals surface area contributed by atoms with Crippen LogP contribution in [0, 0.1) is 0 Å². The van der Waals surface area contributed by atoms with E-state index in [1.807, 2.05) is 0 Å². The van der Waals surface area contributed by atoms with Crippen molar-refractivity contribution in [3.63, 3.8) is 0 Å². The maximum atomic E-state index is 11.1. The molecule has 0 aromatic heterocycles.